The van der Waals surface area contributed by atoms with Gasteiger partial charge in [0.25, 0.3) is 0 Å². The molecule has 0 saturated heterocycles. The van der Waals surface area contributed by atoms with Crippen molar-refractivity contribution in [2.24, 2.45) is 0 Å². The number of benzene rings is 1. The Morgan fingerprint density at radius 2 is 1.92 bits per heavy atom. The summed E-state index contributed by atoms with van der Waals surface area (Å²) in [4.78, 5) is 0. The minimum atomic E-state index is 0.108. The molecule has 12 heavy (non-hydrogen) atoms. The number of nitrogens with one attached hydrogen (secondary N) is 1. The zero-order valence-electron chi connectivity index (χ0n) is 6.90. The molecule has 2 heteroatoms. The summed E-state index contributed by atoms with van der Waals surface area (Å²) in [6.45, 7) is 0.862. The lowest BCUT2D eigenvalue weighted by Gasteiger charge is -2.00. The molecule has 0 aliphatic carbocycles. The van der Waals surface area contributed by atoms with Gasteiger partial charge < -0.3 is 10.4 Å². The van der Waals surface area contributed by atoms with Crippen LogP contribution < -0.4 is 5.32 Å². The van der Waals surface area contributed by atoms with E-state index in [-0.39, 0.29) is 6.61 Å². The van der Waals surface area contributed by atoms with Gasteiger partial charge in [0.1, 0.15) is 0 Å². The molecule has 2 N–H and O–H groups in total. The number of anilines is 1. The molecule has 1 aromatic rings. The first-order chi connectivity index (χ1) is 5.93. The molecule has 2 nitrogen and oxygen atoms in total. The van der Waals surface area contributed by atoms with E-state index in [1.807, 2.05) is 36.4 Å². The highest BCUT2D eigenvalue weighted by molar-refractivity contribution is 5.42. The summed E-state index contributed by atoms with van der Waals surface area (Å²) in [5.41, 5.74) is 1.10. The van der Waals surface area contributed by atoms with Crippen molar-refractivity contribution in [2.45, 2.75) is 0 Å². The van der Waals surface area contributed by atoms with Crippen LogP contribution in [-0.2, 0) is 0 Å². The Hall–Kier alpha value is -1.28. The number of hydrogen-bond donors (Lipinski definition) is 2. The van der Waals surface area contributed by atoms with Gasteiger partial charge in [-0.1, -0.05) is 30.4 Å². The monoisotopic (exact) mass is 163 g/mol. The summed E-state index contributed by atoms with van der Waals surface area (Å²) in [5, 5.41) is 11.6. The van der Waals surface area contributed by atoms with Crippen LogP contribution in [0.25, 0.3) is 0 Å². The number of para-hydroxylation sites is 1. The second-order valence-electron chi connectivity index (χ2n) is 2.40. The highest BCUT2D eigenvalue weighted by Gasteiger charge is 1.83. The molecule has 0 amide bonds. The second kappa shape index (κ2) is 5.38. The fourth-order valence-electron chi connectivity index (χ4n) is 0.891. The van der Waals surface area contributed by atoms with E-state index in [0.29, 0.717) is 0 Å². The lowest BCUT2D eigenvalue weighted by molar-refractivity contribution is 0.342. The van der Waals surface area contributed by atoms with E-state index in [1.54, 1.807) is 6.08 Å². The first-order valence-electron chi connectivity index (χ1n) is 3.98. The predicted molar refractivity (Wildman–Crippen MR) is 51.2 cm³/mol. The molecule has 1 rings (SSSR count). The average molecular weight is 163 g/mol. The van der Waals surface area contributed by atoms with E-state index in [2.05, 4.69) is 5.32 Å². The predicted octanol–water partition coefficient (Wildman–Crippen LogP) is 1.65. The number of aliphatic hydroxyl groups excluding tert-OH is 1. The molecule has 0 aromatic heterocycles. The molecule has 0 atom stereocenters. The maximum atomic E-state index is 8.45. The van der Waals surface area contributed by atoms with Crippen molar-refractivity contribution in [1.29, 1.82) is 0 Å². The Labute approximate surface area is 72.5 Å². The van der Waals surface area contributed by atoms with Gasteiger partial charge in [-0.2, -0.15) is 0 Å². The van der Waals surface area contributed by atoms with E-state index in [9.17, 15) is 0 Å². The number of hydrogen-bond acceptors (Lipinski definition) is 2. The fraction of sp³-hybridized carbons (Fsp3) is 0.200. The van der Waals surface area contributed by atoms with Crippen LogP contribution in [0.15, 0.2) is 42.5 Å². The normalized spacial score (nSPS) is 10.4. The van der Waals surface area contributed by atoms with Crippen LogP contribution in [0, 0.1) is 0 Å². The lowest BCUT2D eigenvalue weighted by Crippen LogP contribution is -1.97. The van der Waals surface area contributed by atoms with Gasteiger partial charge in [0.05, 0.1) is 6.61 Å². The largest absolute Gasteiger partial charge is 0.392 e. The fourth-order valence-corrected chi connectivity index (χ4v) is 0.891. The van der Waals surface area contributed by atoms with Gasteiger partial charge in [-0.25, -0.2) is 0 Å². The van der Waals surface area contributed by atoms with E-state index in [1.165, 1.54) is 0 Å². The molecule has 0 aliphatic heterocycles. The summed E-state index contributed by atoms with van der Waals surface area (Å²) >= 11 is 0. The maximum Gasteiger partial charge on any atom is 0.0613 e. The Bertz CT molecular complexity index is 231. The number of aliphatic hydroxyl groups is 1. The van der Waals surface area contributed by atoms with E-state index >= 15 is 0 Å². The summed E-state index contributed by atoms with van der Waals surface area (Å²) < 4.78 is 0. The molecular formula is C10H13NO. The average Bonchev–Trinajstić information content (AvgIpc) is 2.14. The van der Waals surface area contributed by atoms with Crippen LogP contribution >= 0.6 is 0 Å². The molecule has 0 unspecified atom stereocenters. The molecule has 0 bridgehead atoms. The van der Waals surface area contributed by atoms with Crippen molar-refractivity contribution in [1.82, 2.24) is 0 Å². The SMILES string of the molecule is OC/C=C\CNc1ccccc1. The van der Waals surface area contributed by atoms with Crippen LogP contribution in [0.2, 0.25) is 0 Å². The van der Waals surface area contributed by atoms with Crippen LogP contribution in [0.5, 0.6) is 0 Å². The lowest BCUT2D eigenvalue weighted by atomic mass is 10.3. The van der Waals surface area contributed by atoms with Gasteiger partial charge in [0, 0.05) is 12.2 Å². The zero-order chi connectivity index (χ0) is 8.65. The van der Waals surface area contributed by atoms with Gasteiger partial charge >= 0.3 is 0 Å². The third-order valence-corrected chi connectivity index (χ3v) is 1.47. The second-order valence-corrected chi connectivity index (χ2v) is 2.40. The van der Waals surface area contributed by atoms with E-state index < -0.39 is 0 Å². The van der Waals surface area contributed by atoms with E-state index in [0.717, 1.165) is 12.2 Å². The molecule has 0 saturated carbocycles. The van der Waals surface area contributed by atoms with Crippen LogP contribution in [0.3, 0.4) is 0 Å². The summed E-state index contributed by atoms with van der Waals surface area (Å²) in [7, 11) is 0. The minimum Gasteiger partial charge on any atom is -0.392 e. The zero-order valence-corrected chi connectivity index (χ0v) is 6.90. The van der Waals surface area contributed by atoms with Crippen LogP contribution in [0.1, 0.15) is 0 Å². The summed E-state index contributed by atoms with van der Waals surface area (Å²) in [5.74, 6) is 0. The Kier molecular flexibility index (Phi) is 3.95. The smallest absolute Gasteiger partial charge is 0.0613 e. The van der Waals surface area contributed by atoms with Gasteiger partial charge in [0.15, 0.2) is 0 Å². The molecular weight excluding hydrogens is 150 g/mol. The molecule has 0 fully saturated rings. The van der Waals surface area contributed by atoms with Crippen molar-refractivity contribution in [3.63, 3.8) is 0 Å². The first kappa shape index (κ1) is 8.81. The summed E-state index contributed by atoms with van der Waals surface area (Å²) in [6, 6.07) is 9.96. The Morgan fingerprint density at radius 1 is 1.17 bits per heavy atom. The standard InChI is InChI=1S/C10H13NO/c12-9-5-4-8-11-10-6-2-1-3-7-10/h1-7,11-12H,8-9H2/b5-4-. The van der Waals surface area contributed by atoms with Crippen molar-refractivity contribution in [2.75, 3.05) is 18.5 Å². The maximum absolute atomic E-state index is 8.45. The van der Waals surface area contributed by atoms with Crippen LogP contribution in [-0.4, -0.2) is 18.3 Å². The van der Waals surface area contributed by atoms with Gasteiger partial charge in [-0.05, 0) is 12.1 Å². The van der Waals surface area contributed by atoms with Crippen molar-refractivity contribution >= 4 is 5.69 Å². The molecule has 0 radical (unpaired) electrons. The minimum absolute atomic E-state index is 0.108. The van der Waals surface area contributed by atoms with Crippen molar-refractivity contribution in [3.05, 3.63) is 42.5 Å². The molecule has 64 valence electrons. The van der Waals surface area contributed by atoms with Gasteiger partial charge in [-0.3, -0.25) is 0 Å². The molecule has 1 aromatic carbocycles. The molecule has 0 spiro atoms. The summed E-state index contributed by atoms with van der Waals surface area (Å²) in [6.07, 6.45) is 3.61. The Morgan fingerprint density at radius 3 is 2.58 bits per heavy atom. The van der Waals surface area contributed by atoms with Crippen molar-refractivity contribution in [3.8, 4) is 0 Å². The highest BCUT2D eigenvalue weighted by atomic mass is 16.2. The topological polar surface area (TPSA) is 32.3 Å². The quantitative estimate of drug-likeness (QED) is 0.661. The molecule has 0 heterocycles. The van der Waals surface area contributed by atoms with Gasteiger partial charge in [0.2, 0.25) is 0 Å². The molecule has 0 aliphatic rings. The van der Waals surface area contributed by atoms with Crippen molar-refractivity contribution < 1.29 is 5.11 Å². The highest BCUT2D eigenvalue weighted by Crippen LogP contribution is 2.03. The Balaban J connectivity index is 2.29. The van der Waals surface area contributed by atoms with E-state index in [4.69, 9.17) is 5.11 Å². The third kappa shape index (κ3) is 3.21. The third-order valence-electron chi connectivity index (χ3n) is 1.47. The van der Waals surface area contributed by atoms with Gasteiger partial charge in [-0.15, -0.1) is 0 Å². The first-order valence-corrected chi connectivity index (χ1v) is 3.98. The number of rotatable bonds is 4. The van der Waals surface area contributed by atoms with Crippen LogP contribution in [0.4, 0.5) is 5.69 Å².